The van der Waals surface area contributed by atoms with Crippen LogP contribution in [-0.4, -0.2) is 9.55 Å². The lowest BCUT2D eigenvalue weighted by Crippen LogP contribution is -2.07. The standard InChI is InChI=1S/C17H14ClN3/c1-12(10-19)11-21-16-8-3-2-7-15(16)20-17(21)13-5-4-6-14(18)9-13/h2-9,12H,11H2,1H3. The van der Waals surface area contributed by atoms with E-state index in [0.29, 0.717) is 11.6 Å². The molecule has 0 aliphatic rings. The summed E-state index contributed by atoms with van der Waals surface area (Å²) in [6.45, 7) is 2.52. The van der Waals surface area contributed by atoms with E-state index in [1.54, 1.807) is 0 Å². The van der Waals surface area contributed by atoms with Crippen LogP contribution in [0.4, 0.5) is 0 Å². The number of para-hydroxylation sites is 2. The summed E-state index contributed by atoms with van der Waals surface area (Å²) in [4.78, 5) is 4.71. The fraction of sp³-hybridized carbons (Fsp3) is 0.176. The van der Waals surface area contributed by atoms with Crippen LogP contribution in [0.2, 0.25) is 5.02 Å². The molecule has 0 fully saturated rings. The van der Waals surface area contributed by atoms with E-state index >= 15 is 0 Å². The van der Waals surface area contributed by atoms with Gasteiger partial charge in [0.05, 0.1) is 23.0 Å². The SMILES string of the molecule is CC(C#N)Cn1c(-c2cccc(Cl)c2)nc2ccccc21. The van der Waals surface area contributed by atoms with Crippen LogP contribution in [0.1, 0.15) is 6.92 Å². The first-order chi connectivity index (χ1) is 10.2. The largest absolute Gasteiger partial charge is 0.323 e. The van der Waals surface area contributed by atoms with Gasteiger partial charge < -0.3 is 4.57 Å². The van der Waals surface area contributed by atoms with Crippen molar-refractivity contribution in [1.29, 1.82) is 5.26 Å². The summed E-state index contributed by atoms with van der Waals surface area (Å²) in [5.41, 5.74) is 2.93. The van der Waals surface area contributed by atoms with Crippen molar-refractivity contribution in [3.05, 3.63) is 53.6 Å². The molecule has 0 amide bonds. The number of rotatable bonds is 3. The predicted molar refractivity (Wildman–Crippen MR) is 85.0 cm³/mol. The molecule has 0 N–H and O–H groups in total. The quantitative estimate of drug-likeness (QED) is 0.713. The van der Waals surface area contributed by atoms with Crippen molar-refractivity contribution >= 4 is 22.6 Å². The number of aromatic nitrogens is 2. The highest BCUT2D eigenvalue weighted by molar-refractivity contribution is 6.30. The molecule has 0 bridgehead atoms. The highest BCUT2D eigenvalue weighted by atomic mass is 35.5. The minimum absolute atomic E-state index is 0.0828. The Morgan fingerprint density at radius 1 is 1.24 bits per heavy atom. The van der Waals surface area contributed by atoms with E-state index in [1.165, 1.54) is 0 Å². The second kappa shape index (κ2) is 5.59. The zero-order chi connectivity index (χ0) is 14.8. The highest BCUT2D eigenvalue weighted by Gasteiger charge is 2.14. The van der Waals surface area contributed by atoms with Crippen LogP contribution >= 0.6 is 11.6 Å². The molecule has 3 nitrogen and oxygen atoms in total. The molecule has 3 aromatic rings. The van der Waals surface area contributed by atoms with Crippen LogP contribution in [0.5, 0.6) is 0 Å². The van der Waals surface area contributed by atoms with Gasteiger partial charge in [0.2, 0.25) is 0 Å². The zero-order valence-corrected chi connectivity index (χ0v) is 12.4. The Bertz CT molecular complexity index is 829. The summed E-state index contributed by atoms with van der Waals surface area (Å²) in [6, 6.07) is 17.9. The van der Waals surface area contributed by atoms with Crippen LogP contribution in [0.3, 0.4) is 0 Å². The molecule has 3 rings (SSSR count). The number of hydrogen-bond acceptors (Lipinski definition) is 2. The van der Waals surface area contributed by atoms with Crippen molar-refractivity contribution in [3.8, 4) is 17.5 Å². The second-order valence-corrected chi connectivity index (χ2v) is 5.51. The second-order valence-electron chi connectivity index (χ2n) is 5.08. The topological polar surface area (TPSA) is 41.6 Å². The number of imidazole rings is 1. The van der Waals surface area contributed by atoms with Gasteiger partial charge in [0, 0.05) is 17.1 Å². The highest BCUT2D eigenvalue weighted by Crippen LogP contribution is 2.27. The van der Waals surface area contributed by atoms with E-state index in [-0.39, 0.29) is 5.92 Å². The molecule has 2 aromatic carbocycles. The van der Waals surface area contributed by atoms with Crippen molar-refractivity contribution in [2.45, 2.75) is 13.5 Å². The Labute approximate surface area is 128 Å². The Morgan fingerprint density at radius 2 is 2.05 bits per heavy atom. The van der Waals surface area contributed by atoms with Gasteiger partial charge in [0.15, 0.2) is 0 Å². The van der Waals surface area contributed by atoms with E-state index in [2.05, 4.69) is 10.6 Å². The van der Waals surface area contributed by atoms with Gasteiger partial charge in [0.25, 0.3) is 0 Å². The Morgan fingerprint density at radius 3 is 2.81 bits per heavy atom. The van der Waals surface area contributed by atoms with E-state index in [0.717, 1.165) is 22.4 Å². The smallest absolute Gasteiger partial charge is 0.141 e. The van der Waals surface area contributed by atoms with Gasteiger partial charge in [-0.1, -0.05) is 35.9 Å². The fourth-order valence-corrected chi connectivity index (χ4v) is 2.61. The predicted octanol–water partition coefficient (Wildman–Crippen LogP) is 4.52. The van der Waals surface area contributed by atoms with Crippen molar-refractivity contribution in [1.82, 2.24) is 9.55 Å². The lowest BCUT2D eigenvalue weighted by atomic mass is 10.2. The molecule has 0 aliphatic heterocycles. The van der Waals surface area contributed by atoms with Crippen LogP contribution in [0.25, 0.3) is 22.4 Å². The molecule has 0 aliphatic carbocycles. The normalized spacial score (nSPS) is 12.2. The first kappa shape index (κ1) is 13.7. The Kier molecular flexibility index (Phi) is 3.64. The minimum atomic E-state index is -0.0828. The zero-order valence-electron chi connectivity index (χ0n) is 11.6. The van der Waals surface area contributed by atoms with Gasteiger partial charge in [-0.05, 0) is 31.2 Å². The van der Waals surface area contributed by atoms with Gasteiger partial charge >= 0.3 is 0 Å². The number of halogens is 1. The van der Waals surface area contributed by atoms with Crippen LogP contribution in [-0.2, 0) is 6.54 Å². The third kappa shape index (κ3) is 2.63. The molecule has 0 radical (unpaired) electrons. The number of benzene rings is 2. The van der Waals surface area contributed by atoms with Gasteiger partial charge in [-0.2, -0.15) is 5.26 Å². The van der Waals surface area contributed by atoms with Gasteiger partial charge in [0.1, 0.15) is 5.82 Å². The molecular weight excluding hydrogens is 282 g/mol. The van der Waals surface area contributed by atoms with Gasteiger partial charge in [-0.15, -0.1) is 0 Å². The lowest BCUT2D eigenvalue weighted by Gasteiger charge is -2.10. The van der Waals surface area contributed by atoms with Crippen molar-refractivity contribution in [3.63, 3.8) is 0 Å². The Hall–Kier alpha value is -2.31. The maximum atomic E-state index is 9.11. The van der Waals surface area contributed by atoms with Crippen molar-refractivity contribution < 1.29 is 0 Å². The number of hydrogen-bond donors (Lipinski definition) is 0. The molecule has 0 saturated heterocycles. The molecular formula is C17H14ClN3. The lowest BCUT2D eigenvalue weighted by molar-refractivity contribution is 0.597. The van der Waals surface area contributed by atoms with Gasteiger partial charge in [-0.25, -0.2) is 4.98 Å². The average Bonchev–Trinajstić information content (AvgIpc) is 2.86. The monoisotopic (exact) mass is 295 g/mol. The van der Waals surface area contributed by atoms with E-state index in [4.69, 9.17) is 21.8 Å². The summed E-state index contributed by atoms with van der Waals surface area (Å²) in [5.74, 6) is 0.765. The third-order valence-corrected chi connectivity index (χ3v) is 3.65. The molecule has 1 atom stereocenters. The Balaban J connectivity index is 2.21. The molecule has 0 saturated carbocycles. The van der Waals surface area contributed by atoms with Crippen LogP contribution < -0.4 is 0 Å². The van der Waals surface area contributed by atoms with E-state index in [9.17, 15) is 0 Å². The molecule has 1 heterocycles. The summed E-state index contributed by atoms with van der Waals surface area (Å²) < 4.78 is 2.09. The third-order valence-electron chi connectivity index (χ3n) is 3.41. The molecule has 21 heavy (non-hydrogen) atoms. The molecule has 1 unspecified atom stereocenters. The van der Waals surface area contributed by atoms with Crippen molar-refractivity contribution in [2.75, 3.05) is 0 Å². The first-order valence-electron chi connectivity index (χ1n) is 6.80. The first-order valence-corrected chi connectivity index (χ1v) is 7.17. The van der Waals surface area contributed by atoms with Crippen molar-refractivity contribution in [2.24, 2.45) is 5.92 Å². The molecule has 1 aromatic heterocycles. The maximum Gasteiger partial charge on any atom is 0.141 e. The summed E-state index contributed by atoms with van der Waals surface area (Å²) in [5, 5.41) is 9.79. The number of fused-ring (bicyclic) bond motifs is 1. The van der Waals surface area contributed by atoms with E-state index in [1.807, 2.05) is 55.5 Å². The maximum absolute atomic E-state index is 9.11. The minimum Gasteiger partial charge on any atom is -0.323 e. The molecule has 104 valence electrons. The average molecular weight is 296 g/mol. The van der Waals surface area contributed by atoms with Crippen LogP contribution in [0.15, 0.2) is 48.5 Å². The molecule has 4 heteroatoms. The summed E-state index contributed by atoms with van der Waals surface area (Å²) in [7, 11) is 0. The van der Waals surface area contributed by atoms with Gasteiger partial charge in [-0.3, -0.25) is 0 Å². The number of nitriles is 1. The summed E-state index contributed by atoms with van der Waals surface area (Å²) in [6.07, 6.45) is 0. The summed E-state index contributed by atoms with van der Waals surface area (Å²) >= 11 is 6.09. The molecule has 0 spiro atoms. The number of nitrogens with zero attached hydrogens (tertiary/aromatic N) is 3. The van der Waals surface area contributed by atoms with E-state index < -0.39 is 0 Å². The fourth-order valence-electron chi connectivity index (χ4n) is 2.42. The van der Waals surface area contributed by atoms with Crippen LogP contribution in [0, 0.1) is 17.2 Å².